The second kappa shape index (κ2) is 4.80. The number of nitrogens with two attached hydrogens (primary N) is 1. The van der Waals surface area contributed by atoms with Crippen molar-refractivity contribution in [1.82, 2.24) is 9.55 Å². The van der Waals surface area contributed by atoms with Crippen LogP contribution in [0.2, 0.25) is 0 Å². The molecule has 1 fully saturated rings. The maximum absolute atomic E-state index is 13.2. The zero-order valence-electron chi connectivity index (χ0n) is 17.8. The number of nitrogens with zero attached hydrogens (tertiary/aromatic N) is 2. The molecule has 108 valence electrons. The molecule has 2 aromatic rings. The van der Waals surface area contributed by atoms with E-state index in [1.165, 1.54) is 0 Å². The van der Waals surface area contributed by atoms with Gasteiger partial charge in [-0.2, -0.15) is 0 Å². The van der Waals surface area contributed by atoms with Crippen LogP contribution in [-0.2, 0) is 9.59 Å². The number of carbonyl (C=O) groups excluding carboxylic acids is 2. The molecule has 1 saturated carbocycles. The molecule has 6 heteroatoms. The highest BCUT2D eigenvalue weighted by atomic mass is 16.2. The van der Waals surface area contributed by atoms with Gasteiger partial charge in [0, 0.05) is 16.2 Å². The van der Waals surface area contributed by atoms with Gasteiger partial charge >= 0.3 is 0 Å². The molecule has 0 aliphatic heterocycles. The summed E-state index contributed by atoms with van der Waals surface area (Å²) in [5, 5.41) is -0.504. The molecule has 1 aliphatic carbocycles. The Bertz CT molecular complexity index is 1110. The molecule has 0 spiro atoms. The highest BCUT2D eigenvalue weighted by Gasteiger charge is 2.30. The van der Waals surface area contributed by atoms with Crippen molar-refractivity contribution in [2.75, 3.05) is 5.73 Å². The van der Waals surface area contributed by atoms with Crippen LogP contribution in [0.25, 0.3) is 10.9 Å². The lowest BCUT2D eigenvalue weighted by Gasteiger charge is -2.24. The largest absolute Gasteiger partial charge is 0.398 e. The fourth-order valence-electron chi connectivity index (χ4n) is 2.33. The predicted molar refractivity (Wildman–Crippen MR) is 78.1 cm³/mol. The molecule has 21 heavy (non-hydrogen) atoms. The minimum Gasteiger partial charge on any atom is -0.398 e. The van der Waals surface area contributed by atoms with E-state index in [9.17, 15) is 14.4 Å². The van der Waals surface area contributed by atoms with Crippen LogP contribution in [0.5, 0.6) is 0 Å². The van der Waals surface area contributed by atoms with Crippen molar-refractivity contribution in [1.29, 1.82) is 0 Å². The summed E-state index contributed by atoms with van der Waals surface area (Å²) in [7, 11) is 0. The number of anilines is 1. The van der Waals surface area contributed by atoms with Crippen LogP contribution in [0.15, 0.2) is 22.9 Å². The van der Waals surface area contributed by atoms with E-state index in [4.69, 9.17) is 15.3 Å². The van der Waals surface area contributed by atoms with Gasteiger partial charge in [-0.05, 0) is 25.4 Å². The third-order valence-corrected chi connectivity index (χ3v) is 3.32. The number of ketones is 2. The molecular weight excluding hydrogens is 270 g/mol. The molecule has 2 N–H and O–H groups in total. The Labute approximate surface area is 130 Å². The van der Waals surface area contributed by atoms with E-state index in [1.54, 1.807) is 0 Å². The van der Waals surface area contributed by atoms with Crippen LogP contribution >= 0.6 is 0 Å². The Morgan fingerprint density at radius 1 is 1.48 bits per heavy atom. The van der Waals surface area contributed by atoms with Crippen LogP contribution in [0.3, 0.4) is 0 Å². The number of aryl methyl sites for hydroxylation is 1. The van der Waals surface area contributed by atoms with Crippen molar-refractivity contribution in [3.63, 3.8) is 0 Å². The van der Waals surface area contributed by atoms with Gasteiger partial charge in [0.15, 0.2) is 5.78 Å². The van der Waals surface area contributed by atoms with Gasteiger partial charge in [-0.1, -0.05) is 6.04 Å². The van der Waals surface area contributed by atoms with Crippen molar-refractivity contribution in [2.45, 2.75) is 32.1 Å². The Morgan fingerprint density at radius 3 is 3.00 bits per heavy atom. The van der Waals surface area contributed by atoms with E-state index in [0.717, 1.165) is 0 Å². The molecule has 1 heterocycles. The molecular formula is C15H15N3O3. The quantitative estimate of drug-likeness (QED) is 0.628. The first-order valence-electron chi connectivity index (χ1n) is 9.68. The van der Waals surface area contributed by atoms with Gasteiger partial charge < -0.3 is 5.73 Å². The second-order valence-electron chi connectivity index (χ2n) is 4.67. The van der Waals surface area contributed by atoms with Crippen molar-refractivity contribution in [3.8, 4) is 0 Å². The zero-order chi connectivity index (χ0) is 21.2. The number of hydrogen-bond donors (Lipinski definition) is 1. The monoisotopic (exact) mass is 292 g/mol. The van der Waals surface area contributed by atoms with Gasteiger partial charge in [0.05, 0.1) is 28.8 Å². The topological polar surface area (TPSA) is 95.0 Å². The molecule has 1 unspecified atom stereocenters. The molecule has 1 aliphatic rings. The number of rotatable bonds is 1. The van der Waals surface area contributed by atoms with Crippen molar-refractivity contribution in [3.05, 3.63) is 34.3 Å². The molecule has 0 radical (unpaired) electrons. The summed E-state index contributed by atoms with van der Waals surface area (Å²) >= 11 is 0. The first-order chi connectivity index (χ1) is 12.8. The van der Waals surface area contributed by atoms with Gasteiger partial charge in [-0.15, -0.1) is 0 Å². The smallest absolute Gasteiger partial charge is 0.264 e. The lowest BCUT2D eigenvalue weighted by atomic mass is 9.92. The van der Waals surface area contributed by atoms with Gasteiger partial charge in [0.2, 0.25) is 0 Å². The molecule has 3 rings (SSSR count). The lowest BCUT2D eigenvalue weighted by molar-refractivity contribution is -0.132. The number of benzene rings is 1. The average molecular weight is 292 g/mol. The summed E-state index contributed by atoms with van der Waals surface area (Å²) in [5.41, 5.74) is 3.60. The average Bonchev–Trinajstić information content (AvgIpc) is 2.60. The molecule has 1 aromatic carbocycles. The van der Waals surface area contributed by atoms with Crippen molar-refractivity contribution >= 4 is 28.2 Å². The molecule has 6 nitrogen and oxygen atoms in total. The van der Waals surface area contributed by atoms with Crippen LogP contribution in [0, 0.1) is 6.85 Å². The van der Waals surface area contributed by atoms with E-state index in [1.807, 2.05) is 0 Å². The maximum atomic E-state index is 13.2. The van der Waals surface area contributed by atoms with Gasteiger partial charge in [-0.3, -0.25) is 19.0 Å². The van der Waals surface area contributed by atoms with Gasteiger partial charge in [0.25, 0.3) is 5.56 Å². The molecule has 0 bridgehead atoms. The van der Waals surface area contributed by atoms with Crippen LogP contribution in [-0.4, -0.2) is 21.1 Å². The summed E-state index contributed by atoms with van der Waals surface area (Å²) in [4.78, 5) is 41.0. The maximum Gasteiger partial charge on any atom is 0.264 e. The van der Waals surface area contributed by atoms with E-state index in [0.29, 0.717) is 4.57 Å². The van der Waals surface area contributed by atoms with Gasteiger partial charge in [0.1, 0.15) is 11.6 Å². The first-order valence-corrected chi connectivity index (χ1v) is 6.18. The number of hydrogen-bond acceptors (Lipinski definition) is 5. The third-order valence-electron chi connectivity index (χ3n) is 3.32. The minimum atomic E-state index is -3.04. The fraction of sp³-hybridized carbons (Fsp3) is 0.333. The highest BCUT2D eigenvalue weighted by molar-refractivity contribution is 6.03. The van der Waals surface area contributed by atoms with E-state index < -0.39 is 83.4 Å². The first kappa shape index (κ1) is 7.49. The number of nitrogen functional groups attached to an aromatic ring is 1. The lowest BCUT2D eigenvalue weighted by Crippen LogP contribution is -2.36. The number of carbonyl (C=O) groups is 2. The predicted octanol–water partition coefficient (Wildman–Crippen LogP) is 1.15. The Morgan fingerprint density at radius 2 is 2.29 bits per heavy atom. The standard InChI is InChI=1S/C15H15N3O3/c1-8-17-11-4-2-3-10(16)14(11)15(21)18(8)12-6-5-9(19)7-13(12)20/h2-4,12H,5-7,16H2,1H3/i1D3,2D,3D,4D,12D. The Hall–Kier alpha value is -2.50. The van der Waals surface area contributed by atoms with Crippen molar-refractivity contribution in [2.24, 2.45) is 0 Å². The highest BCUT2D eigenvalue weighted by Crippen LogP contribution is 2.24. The Kier molecular flexibility index (Phi) is 1.71. The summed E-state index contributed by atoms with van der Waals surface area (Å²) in [6.07, 6.45) is -1.24. The second-order valence-corrected chi connectivity index (χ2v) is 4.67. The van der Waals surface area contributed by atoms with E-state index in [-0.39, 0.29) is 6.42 Å². The number of Topliss-reactive ketones (excluding diaryl/α,β-unsaturated/α-hetero) is 2. The summed E-state index contributed by atoms with van der Waals surface area (Å²) in [6, 6.07) is -4.29. The van der Waals surface area contributed by atoms with Crippen LogP contribution in [0.1, 0.15) is 40.7 Å². The molecule has 0 saturated heterocycles. The molecule has 0 amide bonds. The van der Waals surface area contributed by atoms with Crippen LogP contribution in [0.4, 0.5) is 5.69 Å². The minimum absolute atomic E-state index is 0.200. The number of fused-ring (bicyclic) bond motifs is 1. The van der Waals surface area contributed by atoms with E-state index >= 15 is 0 Å². The van der Waals surface area contributed by atoms with Gasteiger partial charge in [-0.25, -0.2) is 4.98 Å². The Balaban J connectivity index is 2.53. The summed E-state index contributed by atoms with van der Waals surface area (Å²) < 4.78 is 55.4. The summed E-state index contributed by atoms with van der Waals surface area (Å²) in [5.74, 6) is -2.29. The summed E-state index contributed by atoms with van der Waals surface area (Å²) in [6.45, 7) is -3.04. The normalized spacial score (nSPS) is 28.1. The molecule has 1 atom stereocenters. The SMILES string of the molecule is [2H]c1c([2H])c(N)c2c(=O)n(C3([2H])CCC(=O)CC3=O)c(C([2H])([2H])[2H])nc2c1[2H]. The fourth-order valence-corrected chi connectivity index (χ4v) is 2.33. The molecule has 1 aromatic heterocycles. The van der Waals surface area contributed by atoms with Crippen LogP contribution < -0.4 is 11.3 Å². The zero-order valence-corrected chi connectivity index (χ0v) is 10.8. The third kappa shape index (κ3) is 2.12. The van der Waals surface area contributed by atoms with Crippen molar-refractivity contribution < 1.29 is 19.2 Å². The van der Waals surface area contributed by atoms with E-state index in [2.05, 4.69) is 4.98 Å². The number of aromatic nitrogens is 2.